The van der Waals surface area contributed by atoms with Gasteiger partial charge in [0.1, 0.15) is 6.04 Å². The molecule has 0 radical (unpaired) electrons. The molecule has 0 fully saturated rings. The van der Waals surface area contributed by atoms with Crippen molar-refractivity contribution >= 4 is 11.8 Å². The summed E-state index contributed by atoms with van der Waals surface area (Å²) in [5, 5.41) is 11.5. The Kier molecular flexibility index (Phi) is 5.32. The average Bonchev–Trinajstić information content (AvgIpc) is 2.34. The van der Waals surface area contributed by atoms with Crippen LogP contribution in [0.3, 0.4) is 0 Å². The van der Waals surface area contributed by atoms with Crippen molar-refractivity contribution in [2.75, 3.05) is 13.1 Å². The van der Waals surface area contributed by atoms with Crippen molar-refractivity contribution < 1.29 is 14.7 Å². The maximum absolute atomic E-state index is 11.7. The number of aliphatic carboxylic acids is 1. The second kappa shape index (κ2) is 6.78. The number of Topliss-reactive ketones (excluding diaryl/α,β-unsaturated/α-hetero) is 1. The van der Waals surface area contributed by atoms with Gasteiger partial charge in [0, 0.05) is 5.56 Å². The predicted octanol–water partition coefficient (Wildman–Crippen LogP) is 0.261. The Morgan fingerprint density at radius 2 is 1.94 bits per heavy atom. The summed E-state index contributed by atoms with van der Waals surface area (Å²) in [6.07, 6.45) is 0.303. The molecule has 17 heavy (non-hydrogen) atoms. The highest BCUT2D eigenvalue weighted by Crippen LogP contribution is 1.99. The number of nitrogens with one attached hydrogen (secondary N) is 1. The molecule has 1 rings (SSSR count). The lowest BCUT2D eigenvalue weighted by molar-refractivity contribution is -0.139. The Morgan fingerprint density at radius 1 is 1.29 bits per heavy atom. The molecule has 1 atom stereocenters. The molecule has 5 heteroatoms. The zero-order valence-electron chi connectivity index (χ0n) is 9.43. The second-order valence-electron chi connectivity index (χ2n) is 3.64. The number of carboxylic acid groups (broad SMARTS) is 1. The van der Waals surface area contributed by atoms with Crippen LogP contribution in [0.1, 0.15) is 16.8 Å². The summed E-state index contributed by atoms with van der Waals surface area (Å²) in [6, 6.07) is 7.97. The number of carbonyl (C=O) groups excluding carboxylic acids is 1. The van der Waals surface area contributed by atoms with E-state index in [2.05, 4.69) is 5.32 Å². The molecule has 0 bridgehead atoms. The fourth-order valence-corrected chi connectivity index (χ4v) is 1.42. The van der Waals surface area contributed by atoms with Crippen LogP contribution in [0, 0.1) is 0 Å². The number of benzene rings is 1. The largest absolute Gasteiger partial charge is 0.480 e. The summed E-state index contributed by atoms with van der Waals surface area (Å²) >= 11 is 0. The molecule has 0 aromatic heterocycles. The van der Waals surface area contributed by atoms with E-state index >= 15 is 0 Å². The minimum atomic E-state index is -0.990. The molecule has 0 amide bonds. The van der Waals surface area contributed by atoms with E-state index in [1.807, 2.05) is 6.07 Å². The molecular weight excluding hydrogens is 220 g/mol. The van der Waals surface area contributed by atoms with Gasteiger partial charge in [0.2, 0.25) is 0 Å². The third-order valence-electron chi connectivity index (χ3n) is 2.36. The van der Waals surface area contributed by atoms with E-state index in [1.165, 1.54) is 0 Å². The summed E-state index contributed by atoms with van der Waals surface area (Å²) < 4.78 is 0. The second-order valence-corrected chi connectivity index (χ2v) is 3.64. The van der Waals surface area contributed by atoms with Crippen molar-refractivity contribution in [3.63, 3.8) is 0 Å². The van der Waals surface area contributed by atoms with E-state index in [1.54, 1.807) is 24.3 Å². The van der Waals surface area contributed by atoms with Gasteiger partial charge in [-0.15, -0.1) is 0 Å². The molecular formula is C12H16N2O3. The molecule has 0 saturated heterocycles. The summed E-state index contributed by atoms with van der Waals surface area (Å²) in [7, 11) is 0. The van der Waals surface area contributed by atoms with Crippen LogP contribution in [0.2, 0.25) is 0 Å². The van der Waals surface area contributed by atoms with Crippen LogP contribution in [0.15, 0.2) is 30.3 Å². The number of rotatable bonds is 7. The minimum absolute atomic E-state index is 0.000972. The van der Waals surface area contributed by atoms with E-state index in [4.69, 9.17) is 10.8 Å². The Balaban J connectivity index is 2.49. The molecule has 0 aliphatic heterocycles. The minimum Gasteiger partial charge on any atom is -0.480 e. The van der Waals surface area contributed by atoms with Crippen LogP contribution in [0.5, 0.6) is 0 Å². The number of carbonyl (C=O) groups is 2. The lowest BCUT2D eigenvalue weighted by Crippen LogP contribution is -2.41. The number of carboxylic acids is 1. The molecule has 1 aromatic rings. The molecule has 0 spiro atoms. The molecule has 5 nitrogen and oxygen atoms in total. The lowest BCUT2D eigenvalue weighted by Gasteiger charge is -2.12. The topological polar surface area (TPSA) is 92.4 Å². The lowest BCUT2D eigenvalue weighted by atomic mass is 10.1. The van der Waals surface area contributed by atoms with Gasteiger partial charge >= 0.3 is 5.97 Å². The predicted molar refractivity (Wildman–Crippen MR) is 63.9 cm³/mol. The molecule has 0 saturated carbocycles. The molecule has 0 unspecified atom stereocenters. The maximum atomic E-state index is 11.7. The Hall–Kier alpha value is -1.72. The first-order valence-electron chi connectivity index (χ1n) is 5.39. The van der Waals surface area contributed by atoms with Crippen LogP contribution in [0.4, 0.5) is 0 Å². The van der Waals surface area contributed by atoms with Crippen molar-refractivity contribution in [1.29, 1.82) is 0 Å². The molecule has 4 N–H and O–H groups in total. The zero-order valence-corrected chi connectivity index (χ0v) is 9.43. The molecule has 0 heterocycles. The zero-order chi connectivity index (χ0) is 12.7. The van der Waals surface area contributed by atoms with Crippen LogP contribution in [-0.4, -0.2) is 36.0 Å². The van der Waals surface area contributed by atoms with Crippen molar-refractivity contribution in [2.24, 2.45) is 5.73 Å². The van der Waals surface area contributed by atoms with Gasteiger partial charge in [-0.25, -0.2) is 0 Å². The number of hydrogen-bond acceptors (Lipinski definition) is 4. The highest BCUT2D eigenvalue weighted by Gasteiger charge is 2.17. The van der Waals surface area contributed by atoms with E-state index in [0.29, 0.717) is 12.0 Å². The highest BCUT2D eigenvalue weighted by atomic mass is 16.4. The van der Waals surface area contributed by atoms with Crippen LogP contribution in [-0.2, 0) is 4.79 Å². The molecule has 92 valence electrons. The number of nitrogens with two attached hydrogens (primary N) is 1. The van der Waals surface area contributed by atoms with Crippen molar-refractivity contribution in [3.05, 3.63) is 35.9 Å². The van der Waals surface area contributed by atoms with Crippen LogP contribution in [0.25, 0.3) is 0 Å². The highest BCUT2D eigenvalue weighted by molar-refractivity contribution is 5.97. The van der Waals surface area contributed by atoms with Gasteiger partial charge in [-0.2, -0.15) is 0 Å². The SMILES string of the molecule is NCC[C@@H](NCC(=O)c1ccccc1)C(=O)O. The van der Waals surface area contributed by atoms with Crippen LogP contribution < -0.4 is 11.1 Å². The monoisotopic (exact) mass is 236 g/mol. The van der Waals surface area contributed by atoms with Crippen LogP contribution >= 0.6 is 0 Å². The van der Waals surface area contributed by atoms with E-state index < -0.39 is 12.0 Å². The van der Waals surface area contributed by atoms with Gasteiger partial charge in [0.05, 0.1) is 6.54 Å². The maximum Gasteiger partial charge on any atom is 0.320 e. The van der Waals surface area contributed by atoms with E-state index in [0.717, 1.165) is 0 Å². The normalized spacial score (nSPS) is 12.1. The van der Waals surface area contributed by atoms with Gasteiger partial charge < -0.3 is 10.8 Å². The standard InChI is InChI=1S/C12H16N2O3/c13-7-6-10(12(16)17)14-8-11(15)9-4-2-1-3-5-9/h1-5,10,14H,6-8,13H2,(H,16,17)/t10-/m1/s1. The third-order valence-corrected chi connectivity index (χ3v) is 2.36. The first kappa shape index (κ1) is 13.3. The van der Waals surface area contributed by atoms with Gasteiger partial charge in [-0.05, 0) is 13.0 Å². The fraction of sp³-hybridized carbons (Fsp3) is 0.333. The summed E-state index contributed by atoms with van der Waals surface area (Å²) in [5.41, 5.74) is 5.86. The van der Waals surface area contributed by atoms with Gasteiger partial charge in [-0.3, -0.25) is 14.9 Å². The quantitative estimate of drug-likeness (QED) is 0.591. The summed E-state index contributed by atoms with van der Waals surface area (Å²) in [6.45, 7) is 0.268. The third kappa shape index (κ3) is 4.34. The van der Waals surface area contributed by atoms with Gasteiger partial charge in [-0.1, -0.05) is 30.3 Å². The molecule has 0 aliphatic rings. The Morgan fingerprint density at radius 3 is 2.47 bits per heavy atom. The van der Waals surface area contributed by atoms with Crippen molar-refractivity contribution in [2.45, 2.75) is 12.5 Å². The fourth-order valence-electron chi connectivity index (χ4n) is 1.42. The first-order chi connectivity index (χ1) is 8.15. The number of ketones is 1. The van der Waals surface area contributed by atoms with Gasteiger partial charge in [0.15, 0.2) is 5.78 Å². The van der Waals surface area contributed by atoms with E-state index in [9.17, 15) is 9.59 Å². The average molecular weight is 236 g/mol. The Bertz CT molecular complexity index is 379. The van der Waals surface area contributed by atoms with E-state index in [-0.39, 0.29) is 18.9 Å². The van der Waals surface area contributed by atoms with Crippen molar-refractivity contribution in [1.82, 2.24) is 5.32 Å². The van der Waals surface area contributed by atoms with Crippen molar-refractivity contribution in [3.8, 4) is 0 Å². The molecule has 1 aromatic carbocycles. The first-order valence-corrected chi connectivity index (χ1v) is 5.39. The summed E-state index contributed by atoms with van der Waals surface area (Å²) in [5.74, 6) is -1.12. The smallest absolute Gasteiger partial charge is 0.320 e. The van der Waals surface area contributed by atoms with Gasteiger partial charge in [0.25, 0.3) is 0 Å². The Labute approximate surface area is 99.6 Å². The molecule has 0 aliphatic carbocycles. The number of hydrogen-bond donors (Lipinski definition) is 3. The summed E-state index contributed by atoms with van der Waals surface area (Å²) in [4.78, 5) is 22.5.